The molecular formula is C17H26N2. The molecule has 0 unspecified atom stereocenters. The molecule has 0 atom stereocenters. The zero-order chi connectivity index (χ0) is 13.6. The summed E-state index contributed by atoms with van der Waals surface area (Å²) in [5, 5.41) is 3.81. The highest BCUT2D eigenvalue weighted by Gasteiger charge is 2.31. The smallest absolute Gasteiger partial charge is 0.0240 e. The number of nitrogens with zero attached hydrogens (tertiary/aromatic N) is 1. The highest BCUT2D eigenvalue weighted by molar-refractivity contribution is 5.15. The first kappa shape index (κ1) is 14.3. The average Bonchev–Trinajstić information content (AvgIpc) is 2.44. The van der Waals surface area contributed by atoms with Gasteiger partial charge in [0, 0.05) is 5.54 Å². The van der Waals surface area contributed by atoms with E-state index >= 15 is 0 Å². The summed E-state index contributed by atoms with van der Waals surface area (Å²) in [6, 6.07) is 10.7. The van der Waals surface area contributed by atoms with Gasteiger partial charge in [0.05, 0.1) is 0 Å². The van der Waals surface area contributed by atoms with Gasteiger partial charge in [0.1, 0.15) is 0 Å². The van der Waals surface area contributed by atoms with Gasteiger partial charge in [-0.3, -0.25) is 0 Å². The number of nitrogens with one attached hydrogen (secondary N) is 1. The Morgan fingerprint density at radius 1 is 1.26 bits per heavy atom. The molecule has 2 heteroatoms. The number of benzene rings is 1. The molecular weight excluding hydrogens is 232 g/mol. The largest absolute Gasteiger partial charge is 0.311 e. The summed E-state index contributed by atoms with van der Waals surface area (Å²) in [4.78, 5) is 2.42. The topological polar surface area (TPSA) is 15.3 Å². The molecule has 1 saturated heterocycles. The molecule has 0 spiro atoms. The Hall–Kier alpha value is -1.12. The second-order valence-corrected chi connectivity index (χ2v) is 5.74. The van der Waals surface area contributed by atoms with Crippen LogP contribution in [0, 0.1) is 0 Å². The van der Waals surface area contributed by atoms with E-state index in [-0.39, 0.29) is 5.54 Å². The molecule has 1 fully saturated rings. The first-order valence-corrected chi connectivity index (χ1v) is 7.32. The Morgan fingerprint density at radius 2 is 1.95 bits per heavy atom. The van der Waals surface area contributed by atoms with Crippen molar-refractivity contribution >= 4 is 0 Å². The maximum atomic E-state index is 3.93. The average molecular weight is 258 g/mol. The van der Waals surface area contributed by atoms with E-state index < -0.39 is 0 Å². The van der Waals surface area contributed by atoms with Gasteiger partial charge in [-0.25, -0.2) is 0 Å². The third kappa shape index (κ3) is 4.19. The molecule has 1 aliphatic rings. The van der Waals surface area contributed by atoms with E-state index in [1.54, 1.807) is 0 Å². The van der Waals surface area contributed by atoms with Gasteiger partial charge in [-0.15, -0.1) is 6.58 Å². The van der Waals surface area contributed by atoms with Gasteiger partial charge in [-0.1, -0.05) is 36.4 Å². The maximum Gasteiger partial charge on any atom is 0.0240 e. The van der Waals surface area contributed by atoms with Crippen LogP contribution in [0.5, 0.6) is 0 Å². The Labute approximate surface area is 117 Å². The van der Waals surface area contributed by atoms with Crippen molar-refractivity contribution in [3.05, 3.63) is 48.6 Å². The molecule has 0 bridgehead atoms. The summed E-state index contributed by atoms with van der Waals surface area (Å²) in [6.07, 6.45) is 6.71. The van der Waals surface area contributed by atoms with Crippen LogP contribution in [-0.2, 0) is 6.42 Å². The molecule has 0 radical (unpaired) electrons. The van der Waals surface area contributed by atoms with Crippen molar-refractivity contribution < 1.29 is 0 Å². The number of hydrogen-bond acceptors (Lipinski definition) is 2. The van der Waals surface area contributed by atoms with Crippen LogP contribution in [0.4, 0.5) is 0 Å². The number of piperidine rings is 1. The van der Waals surface area contributed by atoms with Crippen molar-refractivity contribution in [2.75, 3.05) is 26.7 Å². The molecule has 0 aliphatic carbocycles. The highest BCUT2D eigenvalue weighted by atomic mass is 15.1. The Kier molecular flexibility index (Phi) is 5.17. The summed E-state index contributed by atoms with van der Waals surface area (Å²) in [5.41, 5.74) is 1.69. The molecule has 0 amide bonds. The van der Waals surface area contributed by atoms with Crippen molar-refractivity contribution in [3.63, 3.8) is 0 Å². The van der Waals surface area contributed by atoms with Crippen LogP contribution < -0.4 is 5.32 Å². The first-order valence-electron chi connectivity index (χ1n) is 7.32. The molecule has 104 valence electrons. The first-order chi connectivity index (χ1) is 9.24. The fourth-order valence-electron chi connectivity index (χ4n) is 2.89. The molecule has 1 aromatic carbocycles. The minimum Gasteiger partial charge on any atom is -0.311 e. The third-order valence-corrected chi connectivity index (χ3v) is 4.24. The summed E-state index contributed by atoms with van der Waals surface area (Å²) in [6.45, 7) is 7.36. The SMILES string of the molecule is C=CCC1(NCCc2ccccc2)CCN(C)CC1. The van der Waals surface area contributed by atoms with Gasteiger partial charge >= 0.3 is 0 Å². The van der Waals surface area contributed by atoms with E-state index in [9.17, 15) is 0 Å². The van der Waals surface area contributed by atoms with Crippen molar-refractivity contribution in [2.45, 2.75) is 31.2 Å². The lowest BCUT2D eigenvalue weighted by molar-refractivity contribution is 0.158. The number of rotatable bonds is 6. The zero-order valence-electron chi connectivity index (χ0n) is 12.1. The van der Waals surface area contributed by atoms with Crippen molar-refractivity contribution in [2.24, 2.45) is 0 Å². The summed E-state index contributed by atoms with van der Waals surface area (Å²) in [5.74, 6) is 0. The van der Waals surface area contributed by atoms with Crippen LogP contribution >= 0.6 is 0 Å². The predicted molar refractivity (Wildman–Crippen MR) is 82.4 cm³/mol. The van der Waals surface area contributed by atoms with Crippen LogP contribution in [-0.4, -0.2) is 37.1 Å². The zero-order valence-corrected chi connectivity index (χ0v) is 12.1. The summed E-state index contributed by atoms with van der Waals surface area (Å²) >= 11 is 0. The lowest BCUT2D eigenvalue weighted by Gasteiger charge is -2.41. The molecule has 2 rings (SSSR count). The highest BCUT2D eigenvalue weighted by Crippen LogP contribution is 2.25. The van der Waals surface area contributed by atoms with E-state index in [4.69, 9.17) is 0 Å². The Bertz CT molecular complexity index is 378. The van der Waals surface area contributed by atoms with Gasteiger partial charge in [-0.2, -0.15) is 0 Å². The maximum absolute atomic E-state index is 3.93. The fraction of sp³-hybridized carbons (Fsp3) is 0.529. The fourth-order valence-corrected chi connectivity index (χ4v) is 2.89. The minimum atomic E-state index is 0.281. The Balaban J connectivity index is 1.85. The lowest BCUT2D eigenvalue weighted by Crippen LogP contribution is -2.52. The summed E-state index contributed by atoms with van der Waals surface area (Å²) < 4.78 is 0. The van der Waals surface area contributed by atoms with Crippen molar-refractivity contribution in [3.8, 4) is 0 Å². The van der Waals surface area contributed by atoms with Gasteiger partial charge < -0.3 is 10.2 Å². The Morgan fingerprint density at radius 3 is 2.58 bits per heavy atom. The van der Waals surface area contributed by atoms with Crippen LogP contribution in [0.25, 0.3) is 0 Å². The van der Waals surface area contributed by atoms with E-state index in [2.05, 4.69) is 60.3 Å². The van der Waals surface area contributed by atoms with E-state index in [0.29, 0.717) is 0 Å². The third-order valence-electron chi connectivity index (χ3n) is 4.24. The van der Waals surface area contributed by atoms with Crippen molar-refractivity contribution in [1.29, 1.82) is 0 Å². The van der Waals surface area contributed by atoms with Crippen LogP contribution in [0.2, 0.25) is 0 Å². The monoisotopic (exact) mass is 258 g/mol. The standard InChI is InChI=1S/C17H26N2/c1-3-10-17(11-14-19(2)15-12-17)18-13-9-16-7-5-4-6-8-16/h3-8,18H,1,9-15H2,2H3. The van der Waals surface area contributed by atoms with E-state index in [1.165, 1.54) is 31.5 Å². The number of likely N-dealkylation sites (tertiary alicyclic amines) is 1. The normalized spacial score (nSPS) is 19.2. The van der Waals surface area contributed by atoms with Gasteiger partial charge in [-0.05, 0) is 57.9 Å². The van der Waals surface area contributed by atoms with Crippen LogP contribution in [0.1, 0.15) is 24.8 Å². The van der Waals surface area contributed by atoms with Gasteiger partial charge in [0.2, 0.25) is 0 Å². The molecule has 2 nitrogen and oxygen atoms in total. The van der Waals surface area contributed by atoms with E-state index in [1.807, 2.05) is 0 Å². The van der Waals surface area contributed by atoms with E-state index in [0.717, 1.165) is 19.4 Å². The second-order valence-electron chi connectivity index (χ2n) is 5.74. The molecule has 1 aromatic rings. The minimum absolute atomic E-state index is 0.281. The quantitative estimate of drug-likeness (QED) is 0.789. The molecule has 0 saturated carbocycles. The molecule has 1 aliphatic heterocycles. The molecule has 1 N–H and O–H groups in total. The molecule has 19 heavy (non-hydrogen) atoms. The molecule has 0 aromatic heterocycles. The summed E-state index contributed by atoms with van der Waals surface area (Å²) in [7, 11) is 2.21. The van der Waals surface area contributed by atoms with Crippen LogP contribution in [0.3, 0.4) is 0 Å². The predicted octanol–water partition coefficient (Wildman–Crippen LogP) is 2.86. The lowest BCUT2D eigenvalue weighted by atomic mass is 9.84. The van der Waals surface area contributed by atoms with Crippen LogP contribution in [0.15, 0.2) is 43.0 Å². The van der Waals surface area contributed by atoms with Gasteiger partial charge in [0.15, 0.2) is 0 Å². The number of hydrogen-bond donors (Lipinski definition) is 1. The van der Waals surface area contributed by atoms with Gasteiger partial charge in [0.25, 0.3) is 0 Å². The van der Waals surface area contributed by atoms with Crippen molar-refractivity contribution in [1.82, 2.24) is 10.2 Å². The molecule has 1 heterocycles. The second kappa shape index (κ2) is 6.88.